The molecule has 2 aromatic carbocycles. The largest absolute Gasteiger partial charge is 0.350 e. The summed E-state index contributed by atoms with van der Waals surface area (Å²) in [5, 5.41) is 3.16. The summed E-state index contributed by atoms with van der Waals surface area (Å²) in [6.45, 7) is 3.81. The molecule has 0 aliphatic rings. The predicted molar refractivity (Wildman–Crippen MR) is 103 cm³/mol. The van der Waals surface area contributed by atoms with Crippen LogP contribution in [0.1, 0.15) is 28.4 Å². The molecule has 5 heteroatoms. The van der Waals surface area contributed by atoms with E-state index in [-0.39, 0.29) is 5.91 Å². The third-order valence-corrected chi connectivity index (χ3v) is 4.08. The third-order valence-electron chi connectivity index (χ3n) is 4.08. The molecule has 0 unspecified atom stereocenters. The normalized spacial score (nSPS) is 10.3. The molecule has 132 valence electrons. The fraction of sp³-hybridized carbons (Fsp3) is 0.190. The van der Waals surface area contributed by atoms with Crippen molar-refractivity contribution in [2.75, 3.05) is 11.9 Å². The Balaban J connectivity index is 1.62. The zero-order chi connectivity index (χ0) is 18.2. The number of rotatable bonds is 7. The molecular formula is C21H22N4O. The highest BCUT2D eigenvalue weighted by molar-refractivity contribution is 5.93. The number of carbonyl (C=O) groups excluding carboxylic acids is 1. The van der Waals surface area contributed by atoms with Crippen LogP contribution in [0.15, 0.2) is 73.1 Å². The van der Waals surface area contributed by atoms with Gasteiger partial charge < -0.3 is 10.2 Å². The molecule has 3 aromatic rings. The van der Waals surface area contributed by atoms with E-state index in [4.69, 9.17) is 0 Å². The molecule has 3 rings (SSSR count). The molecule has 1 aromatic heterocycles. The summed E-state index contributed by atoms with van der Waals surface area (Å²) < 4.78 is 0. The summed E-state index contributed by atoms with van der Waals surface area (Å²) in [7, 11) is 0. The predicted octanol–water partition coefficient (Wildman–Crippen LogP) is 3.75. The Kier molecular flexibility index (Phi) is 5.93. The van der Waals surface area contributed by atoms with Gasteiger partial charge in [0, 0.05) is 32.0 Å². The highest BCUT2D eigenvalue weighted by atomic mass is 16.2. The van der Waals surface area contributed by atoms with Crippen LogP contribution in [0.2, 0.25) is 0 Å². The zero-order valence-corrected chi connectivity index (χ0v) is 14.8. The van der Waals surface area contributed by atoms with Gasteiger partial charge in [-0.1, -0.05) is 60.7 Å². The number of carbonyl (C=O) groups is 1. The Morgan fingerprint density at radius 3 is 2.08 bits per heavy atom. The first-order valence-electron chi connectivity index (χ1n) is 8.69. The second-order valence-corrected chi connectivity index (χ2v) is 5.94. The average molecular weight is 346 g/mol. The average Bonchev–Trinajstić information content (AvgIpc) is 2.72. The molecule has 5 nitrogen and oxygen atoms in total. The molecule has 0 bridgehead atoms. The van der Waals surface area contributed by atoms with Crippen LogP contribution in [0.25, 0.3) is 0 Å². The van der Waals surface area contributed by atoms with Crippen molar-refractivity contribution >= 4 is 11.9 Å². The molecule has 0 atom stereocenters. The van der Waals surface area contributed by atoms with Crippen LogP contribution in [-0.2, 0) is 13.1 Å². The highest BCUT2D eigenvalue weighted by Crippen LogP contribution is 2.10. The van der Waals surface area contributed by atoms with E-state index < -0.39 is 0 Å². The van der Waals surface area contributed by atoms with Gasteiger partial charge in [0.15, 0.2) is 0 Å². The second kappa shape index (κ2) is 8.76. The highest BCUT2D eigenvalue weighted by Gasteiger charge is 2.15. The van der Waals surface area contributed by atoms with Gasteiger partial charge in [-0.15, -0.1) is 0 Å². The monoisotopic (exact) mass is 346 g/mol. The molecule has 0 fully saturated rings. The van der Waals surface area contributed by atoms with E-state index in [1.807, 2.05) is 67.6 Å². The van der Waals surface area contributed by atoms with Crippen molar-refractivity contribution < 1.29 is 4.79 Å². The van der Waals surface area contributed by atoms with Gasteiger partial charge >= 0.3 is 0 Å². The van der Waals surface area contributed by atoms with E-state index in [2.05, 4.69) is 15.3 Å². The quantitative estimate of drug-likeness (QED) is 0.708. The number of hydrogen-bond donors (Lipinski definition) is 1. The molecule has 26 heavy (non-hydrogen) atoms. The number of nitrogens with one attached hydrogen (secondary N) is 1. The number of aromatic nitrogens is 2. The van der Waals surface area contributed by atoms with Crippen molar-refractivity contribution in [2.24, 2.45) is 0 Å². The molecule has 0 radical (unpaired) electrons. The minimum absolute atomic E-state index is 0.0639. The SMILES string of the molecule is CCN(Cc1ccccc1)C(=O)c1cnc(NCc2ccccc2)nc1. The van der Waals surface area contributed by atoms with E-state index in [9.17, 15) is 4.79 Å². The molecule has 1 heterocycles. The van der Waals surface area contributed by atoms with Crippen LogP contribution in [-0.4, -0.2) is 27.3 Å². The second-order valence-electron chi connectivity index (χ2n) is 5.94. The molecule has 0 saturated heterocycles. The maximum atomic E-state index is 12.7. The maximum absolute atomic E-state index is 12.7. The Labute approximate surface area is 153 Å². The Morgan fingerprint density at radius 2 is 1.50 bits per heavy atom. The Bertz CT molecular complexity index is 820. The van der Waals surface area contributed by atoms with E-state index in [1.165, 1.54) is 0 Å². The van der Waals surface area contributed by atoms with Crippen LogP contribution in [0.5, 0.6) is 0 Å². The molecule has 0 saturated carbocycles. The van der Waals surface area contributed by atoms with Gasteiger partial charge in [0.25, 0.3) is 5.91 Å². The standard InChI is InChI=1S/C21H22N4O/c1-2-25(16-18-11-7-4-8-12-18)20(26)19-14-23-21(24-15-19)22-13-17-9-5-3-6-10-17/h3-12,14-15H,2,13,16H2,1H3,(H,22,23,24). The summed E-state index contributed by atoms with van der Waals surface area (Å²) >= 11 is 0. The van der Waals surface area contributed by atoms with Gasteiger partial charge in [-0.25, -0.2) is 9.97 Å². The summed E-state index contributed by atoms with van der Waals surface area (Å²) in [6.07, 6.45) is 3.16. The Hall–Kier alpha value is -3.21. The molecular weight excluding hydrogens is 324 g/mol. The summed E-state index contributed by atoms with van der Waals surface area (Å²) in [6, 6.07) is 20.0. The topological polar surface area (TPSA) is 58.1 Å². The van der Waals surface area contributed by atoms with Crippen LogP contribution >= 0.6 is 0 Å². The van der Waals surface area contributed by atoms with Gasteiger partial charge in [0.05, 0.1) is 5.56 Å². The van der Waals surface area contributed by atoms with Crippen molar-refractivity contribution in [2.45, 2.75) is 20.0 Å². The fourth-order valence-electron chi connectivity index (χ4n) is 2.62. The molecule has 1 amide bonds. The van der Waals surface area contributed by atoms with Gasteiger partial charge in [-0.2, -0.15) is 0 Å². The van der Waals surface area contributed by atoms with Crippen LogP contribution in [0, 0.1) is 0 Å². The van der Waals surface area contributed by atoms with Gasteiger partial charge in [0.1, 0.15) is 0 Å². The van der Waals surface area contributed by atoms with E-state index >= 15 is 0 Å². The first kappa shape index (κ1) is 17.6. The van der Waals surface area contributed by atoms with Crippen molar-refractivity contribution in [3.63, 3.8) is 0 Å². The number of amides is 1. The number of hydrogen-bond acceptors (Lipinski definition) is 4. The smallest absolute Gasteiger partial charge is 0.257 e. The van der Waals surface area contributed by atoms with E-state index in [1.54, 1.807) is 17.3 Å². The van der Waals surface area contributed by atoms with E-state index in [0.717, 1.165) is 11.1 Å². The van der Waals surface area contributed by atoms with Crippen molar-refractivity contribution in [3.05, 3.63) is 89.7 Å². The lowest BCUT2D eigenvalue weighted by Crippen LogP contribution is -2.30. The minimum Gasteiger partial charge on any atom is -0.350 e. The van der Waals surface area contributed by atoms with Gasteiger partial charge in [-0.05, 0) is 18.1 Å². The molecule has 1 N–H and O–H groups in total. The first-order chi connectivity index (χ1) is 12.8. The lowest BCUT2D eigenvalue weighted by Gasteiger charge is -2.20. The lowest BCUT2D eigenvalue weighted by molar-refractivity contribution is 0.0751. The molecule has 0 spiro atoms. The fourth-order valence-corrected chi connectivity index (χ4v) is 2.62. The number of benzene rings is 2. The molecule has 0 aliphatic heterocycles. The van der Waals surface area contributed by atoms with Crippen LogP contribution in [0.4, 0.5) is 5.95 Å². The van der Waals surface area contributed by atoms with Crippen molar-refractivity contribution in [1.82, 2.24) is 14.9 Å². The first-order valence-corrected chi connectivity index (χ1v) is 8.69. The molecule has 0 aliphatic carbocycles. The third kappa shape index (κ3) is 4.66. The summed E-state index contributed by atoms with van der Waals surface area (Å²) in [4.78, 5) is 23.0. The van der Waals surface area contributed by atoms with Crippen molar-refractivity contribution in [1.29, 1.82) is 0 Å². The number of anilines is 1. The van der Waals surface area contributed by atoms with Gasteiger partial charge in [-0.3, -0.25) is 4.79 Å². The number of nitrogens with zero attached hydrogens (tertiary/aromatic N) is 3. The minimum atomic E-state index is -0.0639. The Morgan fingerprint density at radius 1 is 0.923 bits per heavy atom. The van der Waals surface area contributed by atoms with Crippen LogP contribution in [0.3, 0.4) is 0 Å². The van der Waals surface area contributed by atoms with E-state index in [0.29, 0.717) is 31.1 Å². The van der Waals surface area contributed by atoms with Gasteiger partial charge in [0.2, 0.25) is 5.95 Å². The van der Waals surface area contributed by atoms with Crippen LogP contribution < -0.4 is 5.32 Å². The summed E-state index contributed by atoms with van der Waals surface area (Å²) in [5.41, 5.74) is 2.74. The lowest BCUT2D eigenvalue weighted by atomic mass is 10.2. The van der Waals surface area contributed by atoms with Crippen molar-refractivity contribution in [3.8, 4) is 0 Å². The zero-order valence-electron chi connectivity index (χ0n) is 14.8. The maximum Gasteiger partial charge on any atom is 0.257 e. The summed E-state index contributed by atoms with van der Waals surface area (Å²) in [5.74, 6) is 0.447.